The highest BCUT2D eigenvalue weighted by atomic mass is 32.2. The summed E-state index contributed by atoms with van der Waals surface area (Å²) in [6.45, 7) is 8.96. The lowest BCUT2D eigenvalue weighted by Gasteiger charge is -2.30. The van der Waals surface area contributed by atoms with Crippen LogP contribution in [0.15, 0.2) is 116 Å². The molecule has 6 rings (SSSR count). The van der Waals surface area contributed by atoms with Crippen LogP contribution in [0, 0.1) is 0 Å². The highest BCUT2D eigenvalue weighted by Gasteiger charge is 2.49. The van der Waals surface area contributed by atoms with Crippen LogP contribution in [0.3, 0.4) is 0 Å². The predicted octanol–water partition coefficient (Wildman–Crippen LogP) is 7.10. The van der Waals surface area contributed by atoms with Gasteiger partial charge in [-0.2, -0.15) is 46.7 Å². The maximum absolute atomic E-state index is 12.8. The van der Waals surface area contributed by atoms with Gasteiger partial charge in [-0.05, 0) is 112 Å². The molecule has 2 aliphatic heterocycles. The van der Waals surface area contributed by atoms with E-state index in [9.17, 15) is 74.8 Å². The van der Waals surface area contributed by atoms with Crippen LogP contribution < -0.4 is 4.90 Å². The minimum atomic E-state index is -5.12. The molecule has 0 radical (unpaired) electrons. The second-order valence-corrected chi connectivity index (χ2v) is 27.5. The number of allylic oxidation sites excluding steroid dienone is 8. The zero-order valence-corrected chi connectivity index (χ0v) is 50.8. The number of hydrogen-bond donors (Lipinski definition) is 6. The van der Waals surface area contributed by atoms with Crippen molar-refractivity contribution >= 4 is 95.2 Å². The van der Waals surface area contributed by atoms with E-state index in [4.69, 9.17) is 23.7 Å². The number of carboxylic acids is 1. The first-order valence-electron chi connectivity index (χ1n) is 26.6. The molecule has 2 aliphatic rings. The van der Waals surface area contributed by atoms with Gasteiger partial charge in [0.25, 0.3) is 50.6 Å². The van der Waals surface area contributed by atoms with Gasteiger partial charge >= 0.3 is 5.97 Å². The second-order valence-electron chi connectivity index (χ2n) is 20.3. The van der Waals surface area contributed by atoms with E-state index in [1.807, 2.05) is 29.4 Å². The summed E-state index contributed by atoms with van der Waals surface area (Å²) in [4.78, 5) is 10.2. The second kappa shape index (κ2) is 28.4. The Morgan fingerprint density at radius 1 is 0.571 bits per heavy atom. The number of anilines is 1. The lowest BCUT2D eigenvalue weighted by atomic mass is 9.74. The minimum Gasteiger partial charge on any atom is -0.481 e. The van der Waals surface area contributed by atoms with Crippen LogP contribution in [-0.4, -0.2) is 172 Å². The Morgan fingerprint density at radius 2 is 1.08 bits per heavy atom. The number of methoxy groups -OCH3 is 1. The molecule has 2 atom stereocenters. The van der Waals surface area contributed by atoms with E-state index in [1.54, 1.807) is 62.6 Å². The average Bonchev–Trinajstić information content (AvgIpc) is 1.64. The van der Waals surface area contributed by atoms with E-state index >= 15 is 0 Å². The molecule has 0 aromatic heterocycles. The molecule has 6 N–H and O–H groups in total. The van der Waals surface area contributed by atoms with Crippen LogP contribution in [0.2, 0.25) is 0 Å². The number of rotatable bonds is 34. The van der Waals surface area contributed by atoms with Crippen LogP contribution in [0.4, 0.5) is 11.4 Å². The molecule has 0 fully saturated rings. The molecule has 2 heterocycles. The first-order valence-corrected chi connectivity index (χ1v) is 34.0. The highest BCUT2D eigenvalue weighted by Crippen LogP contribution is 2.54. The van der Waals surface area contributed by atoms with Crippen LogP contribution in [0.25, 0.3) is 21.5 Å². The Labute approximate surface area is 489 Å². The van der Waals surface area contributed by atoms with Gasteiger partial charge in [0.05, 0.1) is 73.8 Å². The van der Waals surface area contributed by atoms with Gasteiger partial charge < -0.3 is 33.7 Å². The van der Waals surface area contributed by atoms with E-state index < -0.39 is 92.7 Å². The highest BCUT2D eigenvalue weighted by molar-refractivity contribution is 7.87. The topological polar surface area (TPSA) is 362 Å². The van der Waals surface area contributed by atoms with Crippen LogP contribution in [0.1, 0.15) is 76.8 Å². The van der Waals surface area contributed by atoms with Crippen molar-refractivity contribution in [3.8, 4) is 0 Å². The SMILES string of the molecule is CCN1C(=CC=CC=CC=CC2=[N+](CCCCCC(=O)O)c3ccc4c(S(=O)(=O)O)cc(S(=O)(=O)O)cc4c3C2(C)CCCS(=O)(=O)O)C(C)(CCOCCOCCOCCOCCOC)c2c1ccc1c(S(=O)(=O)O)cc(S(=O)(=O)O)cc21. The number of hydrogen-bond acceptors (Lipinski definition) is 17. The summed E-state index contributed by atoms with van der Waals surface area (Å²) in [6, 6.07) is 9.58. The summed E-state index contributed by atoms with van der Waals surface area (Å²) in [5.74, 6) is -1.66. The number of aliphatic carboxylic acids is 1. The zero-order chi connectivity index (χ0) is 61.9. The third-order valence-electron chi connectivity index (χ3n) is 14.6. The van der Waals surface area contributed by atoms with E-state index in [-0.39, 0.29) is 73.6 Å². The fraction of sp³-hybridized carbons (Fsp3) is 0.455. The Hall–Kier alpha value is -5.35. The van der Waals surface area contributed by atoms with Gasteiger partial charge in [0.15, 0.2) is 5.71 Å². The van der Waals surface area contributed by atoms with Crippen molar-refractivity contribution in [1.29, 1.82) is 0 Å². The molecule has 0 saturated heterocycles. The van der Waals surface area contributed by atoms with Crippen LogP contribution in [0.5, 0.6) is 0 Å². The van der Waals surface area contributed by atoms with Crippen molar-refractivity contribution in [2.45, 2.75) is 96.1 Å². The van der Waals surface area contributed by atoms with Crippen molar-refractivity contribution in [3.05, 3.63) is 108 Å². The fourth-order valence-electron chi connectivity index (χ4n) is 10.8. The molecule has 0 saturated carbocycles. The molecule has 462 valence electrons. The summed E-state index contributed by atoms with van der Waals surface area (Å²) in [6.07, 6.45) is 13.2. The average molecular weight is 1270 g/mol. The number of unbranched alkanes of at least 4 members (excludes halogenated alkanes) is 2. The largest absolute Gasteiger partial charge is 0.481 e. The molecule has 29 heteroatoms. The number of carboxylic acid groups (broad SMARTS) is 1. The van der Waals surface area contributed by atoms with Crippen molar-refractivity contribution in [2.24, 2.45) is 0 Å². The lowest BCUT2D eigenvalue weighted by Crippen LogP contribution is -2.32. The zero-order valence-electron chi connectivity index (χ0n) is 46.7. The number of likely N-dealkylation sites (N-methyl/N-ethyl adjacent to an activating group) is 1. The van der Waals surface area contributed by atoms with Gasteiger partial charge in [-0.15, -0.1) is 0 Å². The Morgan fingerprint density at radius 3 is 1.60 bits per heavy atom. The molecule has 0 amide bonds. The Kier molecular flexibility index (Phi) is 22.9. The number of ether oxygens (including phenoxy) is 5. The maximum atomic E-state index is 12.8. The van der Waals surface area contributed by atoms with Crippen molar-refractivity contribution in [3.63, 3.8) is 0 Å². The number of fused-ring (bicyclic) bond motifs is 6. The summed E-state index contributed by atoms with van der Waals surface area (Å²) >= 11 is 0. The standard InChI is InChI=1S/C55H70N2O22S5/c1-5-56-45-20-18-41-43(35-39(81(63,64)65)37-47(41)83(69,70)71)52(45)55(3,23-25-76-28-29-78-32-33-79-31-30-77-27-26-75-4)49(56)15-10-7-6-8-11-16-50-54(2,22-14-34-80(60,61)62)53-44-36-40(82(66,67)68)38-48(84(72,73)74)42(44)19-21-46(53)57(50)24-13-9-12-17-51(58)59/h6-8,10-11,15-16,18-21,35-38H,5,9,12-14,17,22-34H2,1-4H3,(H5-,58,59,60,61,62,63,64,65,66,67,68,69,70,71,72,73,74)/p+1. The summed E-state index contributed by atoms with van der Waals surface area (Å²) in [5.41, 5.74) is 0.698. The number of benzene rings is 4. The van der Waals surface area contributed by atoms with Crippen molar-refractivity contribution in [1.82, 2.24) is 0 Å². The molecule has 0 aliphatic carbocycles. The predicted molar refractivity (Wildman–Crippen MR) is 312 cm³/mol. The quantitative estimate of drug-likeness (QED) is 0.0117. The maximum Gasteiger partial charge on any atom is 0.303 e. The van der Waals surface area contributed by atoms with Crippen molar-refractivity contribution in [2.75, 3.05) is 90.3 Å². The van der Waals surface area contributed by atoms with E-state index in [0.717, 1.165) is 12.1 Å². The molecule has 4 aromatic carbocycles. The first kappa shape index (κ1) is 67.8. The third kappa shape index (κ3) is 16.8. The molecule has 4 aromatic rings. The number of nitrogens with zero attached hydrogens (tertiary/aromatic N) is 2. The number of carbonyl (C=O) groups is 1. The van der Waals surface area contributed by atoms with Gasteiger partial charge in [0, 0.05) is 78.4 Å². The van der Waals surface area contributed by atoms with Crippen molar-refractivity contribution < 1.29 is 103 Å². The van der Waals surface area contributed by atoms with Gasteiger partial charge in [-0.1, -0.05) is 36.4 Å². The van der Waals surface area contributed by atoms with Gasteiger partial charge in [-0.3, -0.25) is 27.6 Å². The summed E-state index contributed by atoms with van der Waals surface area (Å²) in [5, 5.41) is 9.32. The minimum absolute atomic E-state index is 0.00225. The van der Waals surface area contributed by atoms with Gasteiger partial charge in [-0.25, -0.2) is 0 Å². The molecule has 0 spiro atoms. The van der Waals surface area contributed by atoms with E-state index in [0.29, 0.717) is 111 Å². The van der Waals surface area contributed by atoms with E-state index in [1.165, 1.54) is 12.1 Å². The van der Waals surface area contributed by atoms with Crippen LogP contribution in [-0.2, 0) is 89.9 Å². The first-order chi connectivity index (χ1) is 39.4. The van der Waals surface area contributed by atoms with Crippen LogP contribution >= 0.6 is 0 Å². The third-order valence-corrected chi connectivity index (χ3v) is 18.8. The Bertz CT molecular complexity index is 3840. The Balaban J connectivity index is 1.38. The smallest absolute Gasteiger partial charge is 0.303 e. The van der Waals surface area contributed by atoms with E-state index in [2.05, 4.69) is 0 Å². The summed E-state index contributed by atoms with van der Waals surface area (Å²) < 4.78 is 206. The normalized spacial score (nSPS) is 18.5. The van der Waals surface area contributed by atoms with Gasteiger partial charge in [0.1, 0.15) is 16.3 Å². The molecular formula is C55H71N2O22S5+. The summed E-state index contributed by atoms with van der Waals surface area (Å²) in [7, 11) is -23.1. The lowest BCUT2D eigenvalue weighted by molar-refractivity contribution is -0.438. The van der Waals surface area contributed by atoms with Gasteiger partial charge in [0.2, 0.25) is 5.69 Å². The monoisotopic (exact) mass is 1270 g/mol. The molecule has 84 heavy (non-hydrogen) atoms. The molecule has 0 bridgehead atoms. The molecule has 24 nitrogen and oxygen atoms in total. The molecular weight excluding hydrogens is 1200 g/mol. The molecule has 2 unspecified atom stereocenters. The fourth-order valence-corrected chi connectivity index (χ4v) is 14.0.